The Kier molecular flexibility index (Phi) is 4.66. The molecule has 0 saturated carbocycles. The van der Waals surface area contributed by atoms with Crippen molar-refractivity contribution in [2.75, 3.05) is 19.0 Å². The van der Waals surface area contributed by atoms with Crippen LogP contribution in [0.4, 0.5) is 5.69 Å². The van der Waals surface area contributed by atoms with Crippen molar-refractivity contribution in [2.45, 2.75) is 6.92 Å². The molecule has 0 atom stereocenters. The number of pyridine rings is 1. The van der Waals surface area contributed by atoms with E-state index in [1.165, 1.54) is 0 Å². The van der Waals surface area contributed by atoms with Gasteiger partial charge in [-0.3, -0.25) is 9.78 Å². The summed E-state index contributed by atoms with van der Waals surface area (Å²) in [6.45, 7) is 1.84. The van der Waals surface area contributed by atoms with Crippen LogP contribution in [0.2, 0.25) is 0 Å². The number of rotatable bonds is 4. The minimum atomic E-state index is -0.228. The zero-order valence-electron chi connectivity index (χ0n) is 12.4. The molecule has 0 unspecified atom stereocenters. The predicted octanol–water partition coefficient (Wildman–Crippen LogP) is 2.30. The fraction of sp³-hybridized carbons (Fsp3) is 0.188. The van der Waals surface area contributed by atoms with E-state index in [0.717, 1.165) is 17.0 Å². The first-order valence-electron chi connectivity index (χ1n) is 6.60. The second-order valence-corrected chi connectivity index (χ2v) is 4.82. The summed E-state index contributed by atoms with van der Waals surface area (Å²) in [7, 11) is 3.91. The number of hydrogen-bond donors (Lipinski definition) is 1. The zero-order chi connectivity index (χ0) is 15.2. The molecule has 2 aromatic rings. The van der Waals surface area contributed by atoms with E-state index < -0.39 is 0 Å². The van der Waals surface area contributed by atoms with Gasteiger partial charge in [0, 0.05) is 43.3 Å². The number of hydrazone groups is 1. The molecule has 0 radical (unpaired) electrons. The summed E-state index contributed by atoms with van der Waals surface area (Å²) in [6, 6.07) is 11.0. The van der Waals surface area contributed by atoms with Crippen molar-refractivity contribution in [1.82, 2.24) is 10.4 Å². The Morgan fingerprint density at radius 2 is 1.67 bits per heavy atom. The van der Waals surface area contributed by atoms with Crippen LogP contribution in [0, 0.1) is 0 Å². The van der Waals surface area contributed by atoms with Crippen molar-refractivity contribution in [3.05, 3.63) is 59.9 Å². The Balaban J connectivity index is 2.04. The summed E-state index contributed by atoms with van der Waals surface area (Å²) in [5, 5.41) is 4.11. The van der Waals surface area contributed by atoms with Crippen LogP contribution in [0.3, 0.4) is 0 Å². The van der Waals surface area contributed by atoms with Crippen LogP contribution in [0.1, 0.15) is 22.8 Å². The van der Waals surface area contributed by atoms with Gasteiger partial charge in [0.25, 0.3) is 5.91 Å². The van der Waals surface area contributed by atoms with Gasteiger partial charge in [-0.05, 0) is 43.3 Å². The smallest absolute Gasteiger partial charge is 0.271 e. The lowest BCUT2D eigenvalue weighted by Crippen LogP contribution is -2.19. The third-order valence-electron chi connectivity index (χ3n) is 3.07. The van der Waals surface area contributed by atoms with E-state index in [9.17, 15) is 4.79 Å². The van der Waals surface area contributed by atoms with Crippen LogP contribution in [-0.4, -0.2) is 30.7 Å². The molecule has 5 heteroatoms. The number of nitrogens with one attached hydrogen (secondary N) is 1. The van der Waals surface area contributed by atoms with E-state index in [1.807, 2.05) is 50.2 Å². The highest BCUT2D eigenvalue weighted by Gasteiger charge is 2.05. The molecule has 21 heavy (non-hydrogen) atoms. The average molecular weight is 282 g/mol. The Labute approximate surface area is 124 Å². The van der Waals surface area contributed by atoms with Crippen molar-refractivity contribution >= 4 is 17.3 Å². The molecule has 0 aliphatic carbocycles. The molecule has 0 aliphatic heterocycles. The van der Waals surface area contributed by atoms with Crippen LogP contribution in [0.5, 0.6) is 0 Å². The molecule has 2 rings (SSSR count). The van der Waals surface area contributed by atoms with Gasteiger partial charge >= 0.3 is 0 Å². The maximum absolute atomic E-state index is 12.0. The van der Waals surface area contributed by atoms with Gasteiger partial charge in [0.2, 0.25) is 0 Å². The maximum atomic E-state index is 12.0. The van der Waals surface area contributed by atoms with Crippen molar-refractivity contribution in [3.8, 4) is 0 Å². The number of amides is 1. The van der Waals surface area contributed by atoms with E-state index in [4.69, 9.17) is 0 Å². The number of benzene rings is 1. The highest BCUT2D eigenvalue weighted by Crippen LogP contribution is 2.12. The zero-order valence-corrected chi connectivity index (χ0v) is 12.4. The second-order valence-electron chi connectivity index (χ2n) is 4.82. The first-order chi connectivity index (χ1) is 10.1. The fourth-order valence-electron chi connectivity index (χ4n) is 1.77. The van der Waals surface area contributed by atoms with Gasteiger partial charge < -0.3 is 4.90 Å². The van der Waals surface area contributed by atoms with Gasteiger partial charge in [0.05, 0.1) is 5.71 Å². The SMILES string of the molecule is C/C(=N/NC(=O)c1ccc(N(C)C)cc1)c1ccncc1. The van der Waals surface area contributed by atoms with Crippen LogP contribution in [0.25, 0.3) is 0 Å². The molecule has 0 bridgehead atoms. The molecule has 0 aliphatic rings. The lowest BCUT2D eigenvalue weighted by molar-refractivity contribution is 0.0955. The van der Waals surface area contributed by atoms with E-state index >= 15 is 0 Å². The monoisotopic (exact) mass is 282 g/mol. The standard InChI is InChI=1S/C16H18N4O/c1-12(13-8-10-17-11-9-13)18-19-16(21)14-4-6-15(7-5-14)20(2)3/h4-11H,1-3H3,(H,19,21)/b18-12-. The highest BCUT2D eigenvalue weighted by molar-refractivity contribution is 6.00. The minimum Gasteiger partial charge on any atom is -0.378 e. The molecular weight excluding hydrogens is 264 g/mol. The Bertz CT molecular complexity index is 633. The molecule has 0 saturated heterocycles. The van der Waals surface area contributed by atoms with E-state index in [2.05, 4.69) is 15.5 Å². The predicted molar refractivity (Wildman–Crippen MR) is 84.7 cm³/mol. The van der Waals surface area contributed by atoms with Crippen LogP contribution in [0.15, 0.2) is 53.9 Å². The molecule has 1 aromatic heterocycles. The van der Waals surface area contributed by atoms with Gasteiger partial charge in [-0.25, -0.2) is 5.43 Å². The summed E-state index contributed by atoms with van der Waals surface area (Å²) in [4.78, 5) is 17.9. The molecular formula is C16H18N4O. The van der Waals surface area contributed by atoms with Gasteiger partial charge in [-0.1, -0.05) is 0 Å². The molecule has 1 aromatic carbocycles. The molecule has 1 heterocycles. The molecule has 0 fully saturated rings. The average Bonchev–Trinajstić information content (AvgIpc) is 2.53. The fourth-order valence-corrected chi connectivity index (χ4v) is 1.77. The summed E-state index contributed by atoms with van der Waals surface area (Å²) in [6.07, 6.45) is 3.38. The van der Waals surface area contributed by atoms with Gasteiger partial charge in [-0.2, -0.15) is 5.10 Å². The Hall–Kier alpha value is -2.69. The van der Waals surface area contributed by atoms with Gasteiger partial charge in [0.1, 0.15) is 0 Å². The summed E-state index contributed by atoms with van der Waals surface area (Å²) in [5.74, 6) is -0.228. The molecule has 1 amide bonds. The first-order valence-corrected chi connectivity index (χ1v) is 6.60. The lowest BCUT2D eigenvalue weighted by atomic mass is 10.2. The molecule has 108 valence electrons. The minimum absolute atomic E-state index is 0.228. The van der Waals surface area contributed by atoms with Crippen LogP contribution in [-0.2, 0) is 0 Å². The number of hydrogen-bond acceptors (Lipinski definition) is 4. The topological polar surface area (TPSA) is 57.6 Å². The summed E-state index contributed by atoms with van der Waals surface area (Å²) in [5.41, 5.74) is 5.84. The van der Waals surface area contributed by atoms with Crippen LogP contribution >= 0.6 is 0 Å². The van der Waals surface area contributed by atoms with Gasteiger partial charge in [0.15, 0.2) is 0 Å². The summed E-state index contributed by atoms with van der Waals surface area (Å²) >= 11 is 0. The Morgan fingerprint density at radius 1 is 1.05 bits per heavy atom. The van der Waals surface area contributed by atoms with Crippen molar-refractivity contribution in [1.29, 1.82) is 0 Å². The number of nitrogens with zero attached hydrogens (tertiary/aromatic N) is 3. The number of carbonyl (C=O) groups excluding carboxylic acids is 1. The highest BCUT2D eigenvalue weighted by atomic mass is 16.2. The number of aromatic nitrogens is 1. The van der Waals surface area contributed by atoms with Crippen LogP contribution < -0.4 is 10.3 Å². The van der Waals surface area contributed by atoms with Crippen molar-refractivity contribution < 1.29 is 4.79 Å². The molecule has 5 nitrogen and oxygen atoms in total. The number of carbonyl (C=O) groups is 1. The van der Waals surface area contributed by atoms with Crippen molar-refractivity contribution in [2.24, 2.45) is 5.10 Å². The third kappa shape index (κ3) is 3.89. The molecule has 0 spiro atoms. The quantitative estimate of drug-likeness (QED) is 0.691. The Morgan fingerprint density at radius 3 is 2.24 bits per heavy atom. The summed E-state index contributed by atoms with van der Waals surface area (Å²) < 4.78 is 0. The lowest BCUT2D eigenvalue weighted by Gasteiger charge is -2.12. The van der Waals surface area contributed by atoms with E-state index in [1.54, 1.807) is 24.5 Å². The van der Waals surface area contributed by atoms with Crippen molar-refractivity contribution in [3.63, 3.8) is 0 Å². The normalized spacial score (nSPS) is 11.1. The van der Waals surface area contributed by atoms with E-state index in [-0.39, 0.29) is 5.91 Å². The maximum Gasteiger partial charge on any atom is 0.271 e. The largest absolute Gasteiger partial charge is 0.378 e. The third-order valence-corrected chi connectivity index (χ3v) is 3.07. The molecule has 1 N–H and O–H groups in total. The van der Waals surface area contributed by atoms with E-state index in [0.29, 0.717) is 5.56 Å². The number of anilines is 1. The second kappa shape index (κ2) is 6.65. The van der Waals surface area contributed by atoms with Gasteiger partial charge in [-0.15, -0.1) is 0 Å². The first kappa shape index (κ1) is 14.7.